The Morgan fingerprint density at radius 2 is 2.16 bits per heavy atom. The topological polar surface area (TPSA) is 68.6 Å². The van der Waals surface area contributed by atoms with Gasteiger partial charge in [0.2, 0.25) is 0 Å². The van der Waals surface area contributed by atoms with Crippen molar-refractivity contribution in [1.82, 2.24) is 14.5 Å². The van der Waals surface area contributed by atoms with Crippen LogP contribution < -0.4 is 10.1 Å². The van der Waals surface area contributed by atoms with E-state index < -0.39 is 0 Å². The number of benzene rings is 1. The third-order valence-corrected chi connectivity index (χ3v) is 7.52. The number of nitrogens with one attached hydrogen (secondary N) is 1. The predicted molar refractivity (Wildman–Crippen MR) is 118 cm³/mol. The number of amides is 1. The number of ether oxygens (including phenoxy) is 2. The normalized spacial score (nSPS) is 23.5. The second-order valence-electron chi connectivity index (χ2n) is 8.67. The maximum atomic E-state index is 12.7. The fourth-order valence-corrected chi connectivity index (χ4v) is 5.87. The molecule has 2 spiro atoms. The van der Waals surface area contributed by atoms with Crippen molar-refractivity contribution in [2.45, 2.75) is 30.4 Å². The lowest BCUT2D eigenvalue weighted by Crippen LogP contribution is -2.48. The van der Waals surface area contributed by atoms with Gasteiger partial charge >= 0.3 is 0 Å². The average molecular weight is 437 g/mol. The highest BCUT2D eigenvalue weighted by Crippen LogP contribution is 2.50. The Bertz CT molecular complexity index is 1130. The van der Waals surface area contributed by atoms with E-state index in [0.29, 0.717) is 25.4 Å². The van der Waals surface area contributed by atoms with Crippen molar-refractivity contribution >= 4 is 22.9 Å². The number of anilines is 1. The molecular formula is C23H24N4O3S. The molecule has 8 heteroatoms. The van der Waals surface area contributed by atoms with E-state index in [1.165, 1.54) is 17.0 Å². The van der Waals surface area contributed by atoms with E-state index in [1.807, 2.05) is 16.3 Å². The van der Waals surface area contributed by atoms with Gasteiger partial charge in [-0.15, -0.1) is 11.3 Å². The molecule has 6 rings (SSSR count). The lowest BCUT2D eigenvalue weighted by molar-refractivity contribution is -0.0393. The third-order valence-electron chi connectivity index (χ3n) is 6.94. The van der Waals surface area contributed by atoms with Gasteiger partial charge in [-0.05, 0) is 37.1 Å². The molecular weight excluding hydrogens is 412 g/mol. The number of hydrogen-bond acceptors (Lipinski definition) is 6. The van der Waals surface area contributed by atoms with Crippen LogP contribution >= 0.6 is 11.3 Å². The maximum absolute atomic E-state index is 12.7. The molecule has 31 heavy (non-hydrogen) atoms. The van der Waals surface area contributed by atoms with Crippen molar-refractivity contribution in [3.8, 4) is 11.4 Å². The van der Waals surface area contributed by atoms with Crippen molar-refractivity contribution in [2.24, 2.45) is 0 Å². The Balaban J connectivity index is 1.26. The minimum Gasteiger partial charge on any atom is -0.497 e. The molecule has 1 N–H and O–H groups in total. The first-order valence-corrected chi connectivity index (χ1v) is 11.5. The second kappa shape index (κ2) is 6.83. The molecule has 3 aromatic rings. The Kier molecular flexibility index (Phi) is 4.16. The molecule has 0 radical (unpaired) electrons. The fraction of sp³-hybridized carbons (Fsp3) is 0.391. The van der Waals surface area contributed by atoms with E-state index in [2.05, 4.69) is 45.3 Å². The van der Waals surface area contributed by atoms with Crippen LogP contribution in [0.2, 0.25) is 0 Å². The molecule has 3 aliphatic rings. The van der Waals surface area contributed by atoms with Gasteiger partial charge in [0, 0.05) is 37.2 Å². The first kappa shape index (κ1) is 18.9. The van der Waals surface area contributed by atoms with Crippen LogP contribution in [-0.4, -0.2) is 52.8 Å². The number of thiazole rings is 1. The van der Waals surface area contributed by atoms with Gasteiger partial charge < -0.3 is 24.3 Å². The molecule has 2 saturated heterocycles. The first-order chi connectivity index (χ1) is 15.1. The zero-order valence-corrected chi connectivity index (χ0v) is 18.2. The SMILES string of the molecule is COc1ccc2c(c1)N[C@]1(COC3(CCN(C(=O)c4cscn4)CC3)C1)c1cccn1-2. The van der Waals surface area contributed by atoms with Crippen molar-refractivity contribution in [3.63, 3.8) is 0 Å². The van der Waals surface area contributed by atoms with Gasteiger partial charge in [0.05, 0.1) is 41.9 Å². The van der Waals surface area contributed by atoms with Crippen LogP contribution in [0.5, 0.6) is 5.75 Å². The number of fused-ring (bicyclic) bond motifs is 4. The zero-order chi connectivity index (χ0) is 21.1. The summed E-state index contributed by atoms with van der Waals surface area (Å²) in [5.41, 5.74) is 5.14. The summed E-state index contributed by atoms with van der Waals surface area (Å²) >= 11 is 1.45. The van der Waals surface area contributed by atoms with Crippen molar-refractivity contribution in [1.29, 1.82) is 0 Å². The molecule has 1 aromatic carbocycles. The number of hydrogen-bond donors (Lipinski definition) is 1. The molecule has 1 amide bonds. The smallest absolute Gasteiger partial charge is 0.273 e. The first-order valence-electron chi connectivity index (χ1n) is 10.6. The summed E-state index contributed by atoms with van der Waals surface area (Å²) < 4.78 is 14.2. The lowest BCUT2D eigenvalue weighted by Gasteiger charge is -2.41. The third kappa shape index (κ3) is 2.89. The molecule has 3 aliphatic heterocycles. The van der Waals surface area contributed by atoms with E-state index in [-0.39, 0.29) is 17.0 Å². The standard InChI is InChI=1S/C23H24N4O3S/c1-29-16-4-5-19-17(11-16)25-23(20-3-2-8-27(19)20)13-22(30-14-23)6-9-26(10-7-22)21(28)18-12-31-15-24-18/h2-5,8,11-12,15,25H,6-7,9-10,13-14H2,1H3/t23-/m1/s1. The number of piperidine rings is 1. The summed E-state index contributed by atoms with van der Waals surface area (Å²) in [6, 6.07) is 10.4. The summed E-state index contributed by atoms with van der Waals surface area (Å²) in [4.78, 5) is 18.8. The van der Waals surface area contributed by atoms with Crippen LogP contribution in [0.1, 0.15) is 35.4 Å². The molecule has 160 valence electrons. The molecule has 7 nitrogen and oxygen atoms in total. The zero-order valence-electron chi connectivity index (χ0n) is 17.3. The maximum Gasteiger partial charge on any atom is 0.273 e. The summed E-state index contributed by atoms with van der Waals surface area (Å²) in [5.74, 6) is 0.856. The van der Waals surface area contributed by atoms with E-state index in [9.17, 15) is 4.79 Å². The van der Waals surface area contributed by atoms with Gasteiger partial charge in [-0.2, -0.15) is 0 Å². The van der Waals surface area contributed by atoms with Crippen molar-refractivity contribution < 1.29 is 14.3 Å². The molecule has 2 fully saturated rings. The van der Waals surface area contributed by atoms with Gasteiger partial charge in [-0.3, -0.25) is 4.79 Å². The van der Waals surface area contributed by atoms with Gasteiger partial charge in [0.25, 0.3) is 5.91 Å². The largest absolute Gasteiger partial charge is 0.497 e. The van der Waals surface area contributed by atoms with Crippen LogP contribution in [0.15, 0.2) is 47.4 Å². The quantitative estimate of drug-likeness (QED) is 0.664. The number of carbonyl (C=O) groups is 1. The van der Waals surface area contributed by atoms with Crippen LogP contribution in [0, 0.1) is 0 Å². The molecule has 2 aromatic heterocycles. The molecule has 0 aliphatic carbocycles. The van der Waals surface area contributed by atoms with Gasteiger partial charge in [-0.1, -0.05) is 0 Å². The Labute approximate surface area is 184 Å². The fourth-order valence-electron chi connectivity index (χ4n) is 5.35. The number of nitrogens with zero attached hydrogens (tertiary/aromatic N) is 3. The minimum atomic E-state index is -0.288. The lowest BCUT2D eigenvalue weighted by atomic mass is 9.79. The Hall–Kier alpha value is -2.84. The highest BCUT2D eigenvalue weighted by molar-refractivity contribution is 7.07. The van der Waals surface area contributed by atoms with Crippen LogP contribution in [0.4, 0.5) is 5.69 Å². The Morgan fingerprint density at radius 1 is 1.29 bits per heavy atom. The summed E-state index contributed by atoms with van der Waals surface area (Å²) in [5, 5.41) is 5.62. The number of aromatic nitrogens is 2. The summed E-state index contributed by atoms with van der Waals surface area (Å²) in [6.07, 6.45) is 4.65. The van der Waals surface area contributed by atoms with E-state index >= 15 is 0 Å². The highest BCUT2D eigenvalue weighted by atomic mass is 32.1. The van der Waals surface area contributed by atoms with Gasteiger partial charge in [0.1, 0.15) is 17.0 Å². The van der Waals surface area contributed by atoms with Crippen LogP contribution in [-0.2, 0) is 10.3 Å². The molecule has 0 saturated carbocycles. The van der Waals surface area contributed by atoms with Crippen LogP contribution in [0.3, 0.4) is 0 Å². The van der Waals surface area contributed by atoms with Gasteiger partial charge in [-0.25, -0.2) is 4.98 Å². The van der Waals surface area contributed by atoms with E-state index in [0.717, 1.165) is 36.4 Å². The Morgan fingerprint density at radius 3 is 2.94 bits per heavy atom. The molecule has 1 atom stereocenters. The van der Waals surface area contributed by atoms with Gasteiger partial charge in [0.15, 0.2) is 0 Å². The van der Waals surface area contributed by atoms with Crippen molar-refractivity contribution in [2.75, 3.05) is 32.1 Å². The highest BCUT2D eigenvalue weighted by Gasteiger charge is 2.54. The number of rotatable bonds is 2. The minimum absolute atomic E-state index is 0.0227. The molecule has 0 bridgehead atoms. The summed E-state index contributed by atoms with van der Waals surface area (Å²) in [7, 11) is 1.69. The van der Waals surface area contributed by atoms with E-state index in [4.69, 9.17) is 9.47 Å². The average Bonchev–Trinajstić information content (AvgIpc) is 3.55. The molecule has 0 unspecified atom stereocenters. The van der Waals surface area contributed by atoms with Crippen molar-refractivity contribution in [3.05, 3.63) is 58.8 Å². The number of carbonyl (C=O) groups excluding carboxylic acids is 1. The van der Waals surface area contributed by atoms with Crippen LogP contribution in [0.25, 0.3) is 5.69 Å². The monoisotopic (exact) mass is 436 g/mol. The predicted octanol–water partition coefficient (Wildman–Crippen LogP) is 3.66. The number of likely N-dealkylation sites (tertiary alicyclic amines) is 1. The second-order valence-corrected chi connectivity index (χ2v) is 9.39. The van der Waals surface area contributed by atoms with E-state index in [1.54, 1.807) is 12.6 Å². The number of methoxy groups -OCH3 is 1. The summed E-state index contributed by atoms with van der Waals surface area (Å²) in [6.45, 7) is 1.99. The molecule has 5 heterocycles.